The highest BCUT2D eigenvalue weighted by Crippen LogP contribution is 2.31. The zero-order valence-electron chi connectivity index (χ0n) is 7.88. The first-order chi connectivity index (χ1) is 7.45. The number of pyridine rings is 1. The predicted octanol–water partition coefficient (Wildman–Crippen LogP) is 2.61. The van der Waals surface area contributed by atoms with Gasteiger partial charge in [-0.2, -0.15) is 0 Å². The number of hydrogen-bond donors (Lipinski definition) is 1. The predicted molar refractivity (Wildman–Crippen MR) is 58.0 cm³/mol. The highest BCUT2D eigenvalue weighted by Gasteiger charge is 2.16. The molecule has 72 valence electrons. The van der Waals surface area contributed by atoms with Gasteiger partial charge in [-0.25, -0.2) is 4.98 Å². The summed E-state index contributed by atoms with van der Waals surface area (Å²) in [6, 6.07) is 1.96. The van der Waals surface area contributed by atoms with Gasteiger partial charge in [-0.3, -0.25) is 5.43 Å². The van der Waals surface area contributed by atoms with Gasteiger partial charge in [0.05, 0.1) is 11.3 Å². The van der Waals surface area contributed by atoms with Crippen molar-refractivity contribution in [2.75, 3.05) is 0 Å². The van der Waals surface area contributed by atoms with Crippen LogP contribution >= 0.6 is 0 Å². The molecule has 4 heteroatoms. The molecule has 0 radical (unpaired) electrons. The van der Waals surface area contributed by atoms with Crippen LogP contribution in [0, 0.1) is 0 Å². The summed E-state index contributed by atoms with van der Waals surface area (Å²) in [6.45, 7) is 0. The number of nitrogens with zero attached hydrogens (tertiary/aromatic N) is 3. The minimum absolute atomic E-state index is 0.664. The molecule has 0 saturated carbocycles. The third-order valence-corrected chi connectivity index (χ3v) is 2.31. The smallest absolute Gasteiger partial charge is 0.186 e. The summed E-state index contributed by atoms with van der Waals surface area (Å²) in [5.41, 5.74) is 5.92. The van der Waals surface area contributed by atoms with Crippen LogP contribution < -0.4 is 5.43 Å². The molecule has 1 aromatic heterocycles. The molecule has 1 aliphatic carbocycles. The topological polar surface area (TPSA) is 49.6 Å². The molecule has 0 fully saturated rings. The van der Waals surface area contributed by atoms with Crippen molar-refractivity contribution in [2.24, 2.45) is 10.3 Å². The fraction of sp³-hybridized carbons (Fsp3) is 0. The van der Waals surface area contributed by atoms with Crippen molar-refractivity contribution < 1.29 is 0 Å². The van der Waals surface area contributed by atoms with E-state index in [0.29, 0.717) is 5.82 Å². The first-order valence-corrected chi connectivity index (χ1v) is 4.66. The number of hydrogen-bond acceptors (Lipinski definition) is 4. The number of nitrogens with one attached hydrogen (secondary N) is 1. The van der Waals surface area contributed by atoms with Crippen LogP contribution in [0.2, 0.25) is 0 Å². The summed E-state index contributed by atoms with van der Waals surface area (Å²) in [5.74, 6) is 0.664. The Balaban J connectivity index is 2.34. The van der Waals surface area contributed by atoms with E-state index in [1.54, 1.807) is 6.20 Å². The van der Waals surface area contributed by atoms with Gasteiger partial charge in [0.25, 0.3) is 0 Å². The normalized spacial score (nSPS) is 16.1. The van der Waals surface area contributed by atoms with Crippen LogP contribution in [0.5, 0.6) is 0 Å². The Labute approximate surface area is 86.7 Å². The van der Waals surface area contributed by atoms with Gasteiger partial charge in [0.1, 0.15) is 0 Å². The van der Waals surface area contributed by atoms with Gasteiger partial charge in [0.15, 0.2) is 5.82 Å². The molecule has 1 aliphatic heterocycles. The Morgan fingerprint density at radius 3 is 3.13 bits per heavy atom. The maximum atomic E-state index is 4.19. The maximum absolute atomic E-state index is 4.19. The van der Waals surface area contributed by atoms with Crippen molar-refractivity contribution in [1.29, 1.82) is 0 Å². The Morgan fingerprint density at radius 1 is 1.13 bits per heavy atom. The van der Waals surface area contributed by atoms with E-state index in [0.717, 1.165) is 16.8 Å². The van der Waals surface area contributed by atoms with E-state index in [4.69, 9.17) is 0 Å². The molecule has 15 heavy (non-hydrogen) atoms. The molecule has 0 bridgehead atoms. The number of allylic oxidation sites excluding steroid dienone is 4. The average Bonchev–Trinajstić information content (AvgIpc) is 2.25. The number of rotatable bonds is 0. The molecule has 2 aliphatic rings. The molecule has 3 rings (SSSR count). The molecular weight excluding hydrogens is 188 g/mol. The quantitative estimate of drug-likeness (QED) is 0.693. The zero-order chi connectivity index (χ0) is 10.1. The molecule has 0 unspecified atom stereocenters. The van der Waals surface area contributed by atoms with Crippen molar-refractivity contribution in [3.63, 3.8) is 0 Å². The molecule has 0 atom stereocenters. The molecule has 0 amide bonds. The van der Waals surface area contributed by atoms with E-state index in [9.17, 15) is 0 Å². The summed E-state index contributed by atoms with van der Waals surface area (Å²) in [6.07, 6.45) is 11.7. The summed E-state index contributed by atoms with van der Waals surface area (Å²) >= 11 is 0. The SMILES string of the molecule is C1=CC=C2NN=Nc3nccc(c32)C=C1. The monoisotopic (exact) mass is 196 g/mol. The summed E-state index contributed by atoms with van der Waals surface area (Å²) in [4.78, 5) is 4.19. The Hall–Kier alpha value is -2.23. The maximum Gasteiger partial charge on any atom is 0.186 e. The van der Waals surface area contributed by atoms with Crippen molar-refractivity contribution in [3.05, 3.63) is 47.7 Å². The second kappa shape index (κ2) is 3.16. The fourth-order valence-corrected chi connectivity index (χ4v) is 1.63. The van der Waals surface area contributed by atoms with Crippen LogP contribution in [-0.2, 0) is 0 Å². The van der Waals surface area contributed by atoms with Crippen LogP contribution in [0.15, 0.2) is 46.9 Å². The molecule has 0 aromatic carbocycles. The molecule has 0 spiro atoms. The van der Waals surface area contributed by atoms with Crippen molar-refractivity contribution in [2.45, 2.75) is 0 Å². The van der Waals surface area contributed by atoms with E-state index < -0.39 is 0 Å². The second-order valence-electron chi connectivity index (χ2n) is 3.23. The largest absolute Gasteiger partial charge is 0.259 e. The van der Waals surface area contributed by atoms with Crippen LogP contribution in [0.25, 0.3) is 11.8 Å². The van der Waals surface area contributed by atoms with Crippen molar-refractivity contribution in [1.82, 2.24) is 10.4 Å². The van der Waals surface area contributed by atoms with Gasteiger partial charge >= 0.3 is 0 Å². The first kappa shape index (κ1) is 8.11. The summed E-state index contributed by atoms with van der Waals surface area (Å²) < 4.78 is 0. The van der Waals surface area contributed by atoms with E-state index in [2.05, 4.69) is 20.7 Å². The van der Waals surface area contributed by atoms with E-state index in [1.165, 1.54) is 0 Å². The van der Waals surface area contributed by atoms with Crippen LogP contribution in [0.1, 0.15) is 11.1 Å². The first-order valence-electron chi connectivity index (χ1n) is 4.66. The minimum Gasteiger partial charge on any atom is -0.259 e. The van der Waals surface area contributed by atoms with Crippen LogP contribution in [-0.4, -0.2) is 4.98 Å². The Bertz CT molecular complexity index is 523. The summed E-state index contributed by atoms with van der Waals surface area (Å²) in [7, 11) is 0. The van der Waals surface area contributed by atoms with Gasteiger partial charge in [0, 0.05) is 6.20 Å². The highest BCUT2D eigenvalue weighted by molar-refractivity contribution is 5.81. The van der Waals surface area contributed by atoms with Gasteiger partial charge in [-0.15, -0.1) is 5.11 Å². The lowest BCUT2D eigenvalue weighted by atomic mass is 10.0. The van der Waals surface area contributed by atoms with Crippen LogP contribution in [0.3, 0.4) is 0 Å². The van der Waals surface area contributed by atoms with Crippen molar-refractivity contribution >= 4 is 17.6 Å². The fourth-order valence-electron chi connectivity index (χ4n) is 1.63. The average molecular weight is 196 g/mol. The lowest BCUT2D eigenvalue weighted by Crippen LogP contribution is -2.09. The highest BCUT2D eigenvalue weighted by atomic mass is 15.4. The number of aromatic nitrogens is 1. The lowest BCUT2D eigenvalue weighted by Gasteiger charge is -2.15. The molecule has 0 saturated heterocycles. The molecule has 1 aromatic rings. The van der Waals surface area contributed by atoms with E-state index >= 15 is 0 Å². The third kappa shape index (κ3) is 1.27. The standard InChI is InChI=1S/C11H8N4/c1-2-4-8-6-7-12-11-10(8)9(5-3-1)13-15-14-11/h1-7H,(H,12,13,14). The minimum atomic E-state index is 0.664. The summed E-state index contributed by atoms with van der Waals surface area (Å²) in [5, 5.41) is 7.77. The van der Waals surface area contributed by atoms with Crippen molar-refractivity contribution in [3.8, 4) is 0 Å². The van der Waals surface area contributed by atoms with Gasteiger partial charge < -0.3 is 0 Å². The molecule has 1 N–H and O–H groups in total. The van der Waals surface area contributed by atoms with Crippen LogP contribution in [0.4, 0.5) is 5.82 Å². The van der Waals surface area contributed by atoms with Gasteiger partial charge in [0.2, 0.25) is 0 Å². The van der Waals surface area contributed by atoms with E-state index in [1.807, 2.05) is 36.4 Å². The van der Waals surface area contributed by atoms with Gasteiger partial charge in [-0.05, 0) is 17.7 Å². The molecule has 4 nitrogen and oxygen atoms in total. The molecule has 2 heterocycles. The second-order valence-corrected chi connectivity index (χ2v) is 3.23. The lowest BCUT2D eigenvalue weighted by molar-refractivity contribution is 0.854. The van der Waals surface area contributed by atoms with Gasteiger partial charge in [-0.1, -0.05) is 29.5 Å². The van der Waals surface area contributed by atoms with E-state index in [-0.39, 0.29) is 0 Å². The zero-order valence-corrected chi connectivity index (χ0v) is 7.88. The Kier molecular flexibility index (Phi) is 1.71. The molecular formula is C11H8N4. The third-order valence-electron chi connectivity index (χ3n) is 2.31. The Morgan fingerprint density at radius 2 is 2.13 bits per heavy atom.